The number of hydrogen-bond donors (Lipinski definition) is 2. The molecule has 2 atom stereocenters. The van der Waals surface area contributed by atoms with Crippen LogP contribution in [0.4, 0.5) is 0 Å². The third-order valence-corrected chi connectivity index (χ3v) is 3.82. The molecular weight excluding hydrogens is 228 g/mol. The van der Waals surface area contributed by atoms with Gasteiger partial charge in [0.2, 0.25) is 5.91 Å². The predicted octanol–water partition coefficient (Wildman–Crippen LogP) is 1.55. The maximum atomic E-state index is 11.8. The summed E-state index contributed by atoms with van der Waals surface area (Å²) in [5, 5.41) is 6.54. The molecule has 0 aromatic rings. The first kappa shape index (κ1) is 15.4. The fourth-order valence-electron chi connectivity index (χ4n) is 2.57. The zero-order valence-electron chi connectivity index (χ0n) is 12.2. The van der Waals surface area contributed by atoms with Crippen LogP contribution in [-0.2, 0) is 9.53 Å². The van der Waals surface area contributed by atoms with Crippen LogP contribution >= 0.6 is 0 Å². The number of rotatable bonds is 6. The van der Waals surface area contributed by atoms with Gasteiger partial charge in [0.15, 0.2) is 0 Å². The van der Waals surface area contributed by atoms with Crippen molar-refractivity contribution in [1.29, 1.82) is 0 Å². The zero-order valence-corrected chi connectivity index (χ0v) is 12.2. The van der Waals surface area contributed by atoms with Gasteiger partial charge in [-0.1, -0.05) is 20.8 Å². The second kappa shape index (κ2) is 7.10. The van der Waals surface area contributed by atoms with Gasteiger partial charge in [0.05, 0.1) is 0 Å². The molecule has 1 aliphatic heterocycles. The molecule has 2 unspecified atom stereocenters. The largest absolute Gasteiger partial charge is 0.384 e. The Balaban J connectivity index is 2.29. The highest BCUT2D eigenvalue weighted by atomic mass is 16.5. The summed E-state index contributed by atoms with van der Waals surface area (Å²) in [5.74, 6) is 0.407. The third kappa shape index (κ3) is 4.94. The summed E-state index contributed by atoms with van der Waals surface area (Å²) in [4.78, 5) is 11.8. The SMILES string of the molecule is COCC(C)CC(=O)NCC1NCCCC1(C)C. The van der Waals surface area contributed by atoms with Gasteiger partial charge in [-0.05, 0) is 30.7 Å². The third-order valence-electron chi connectivity index (χ3n) is 3.82. The van der Waals surface area contributed by atoms with E-state index >= 15 is 0 Å². The Morgan fingerprint density at radius 3 is 2.89 bits per heavy atom. The second-order valence-corrected chi connectivity index (χ2v) is 6.17. The second-order valence-electron chi connectivity index (χ2n) is 6.17. The fourth-order valence-corrected chi connectivity index (χ4v) is 2.57. The molecule has 1 aliphatic rings. The molecule has 18 heavy (non-hydrogen) atoms. The summed E-state index contributed by atoms with van der Waals surface area (Å²) in [6.07, 6.45) is 2.99. The van der Waals surface area contributed by atoms with E-state index in [1.807, 2.05) is 6.92 Å². The summed E-state index contributed by atoms with van der Waals surface area (Å²) in [5.41, 5.74) is 0.268. The lowest BCUT2D eigenvalue weighted by molar-refractivity contribution is -0.122. The maximum absolute atomic E-state index is 11.8. The molecule has 4 heteroatoms. The van der Waals surface area contributed by atoms with Crippen molar-refractivity contribution in [3.63, 3.8) is 0 Å². The number of carbonyl (C=O) groups is 1. The first-order valence-electron chi connectivity index (χ1n) is 6.94. The Hall–Kier alpha value is -0.610. The van der Waals surface area contributed by atoms with E-state index in [4.69, 9.17) is 4.74 Å². The van der Waals surface area contributed by atoms with Crippen LogP contribution in [0.3, 0.4) is 0 Å². The molecule has 0 bridgehead atoms. The lowest BCUT2D eigenvalue weighted by Gasteiger charge is -2.39. The van der Waals surface area contributed by atoms with Crippen LogP contribution in [0.5, 0.6) is 0 Å². The number of nitrogens with one attached hydrogen (secondary N) is 2. The van der Waals surface area contributed by atoms with Gasteiger partial charge in [-0.25, -0.2) is 0 Å². The van der Waals surface area contributed by atoms with E-state index in [1.54, 1.807) is 7.11 Å². The van der Waals surface area contributed by atoms with Crippen LogP contribution in [0.15, 0.2) is 0 Å². The smallest absolute Gasteiger partial charge is 0.220 e. The van der Waals surface area contributed by atoms with E-state index in [9.17, 15) is 4.79 Å². The number of methoxy groups -OCH3 is 1. The molecule has 0 aromatic heterocycles. The number of ether oxygens (including phenoxy) is 1. The van der Waals surface area contributed by atoms with E-state index in [2.05, 4.69) is 24.5 Å². The molecule has 1 heterocycles. The first-order chi connectivity index (χ1) is 8.45. The van der Waals surface area contributed by atoms with Crippen molar-refractivity contribution < 1.29 is 9.53 Å². The standard InChI is InChI=1S/C14H28N2O2/c1-11(10-18-4)8-13(17)16-9-12-14(2,3)6-5-7-15-12/h11-12,15H,5-10H2,1-4H3,(H,16,17). The zero-order chi connectivity index (χ0) is 13.6. The molecule has 1 rings (SSSR count). The van der Waals surface area contributed by atoms with E-state index in [0.717, 1.165) is 13.1 Å². The van der Waals surface area contributed by atoms with E-state index in [-0.39, 0.29) is 17.2 Å². The van der Waals surface area contributed by atoms with Crippen molar-refractivity contribution in [1.82, 2.24) is 10.6 Å². The summed E-state index contributed by atoms with van der Waals surface area (Å²) in [6.45, 7) is 9.00. The number of piperidine rings is 1. The van der Waals surface area contributed by atoms with Gasteiger partial charge < -0.3 is 15.4 Å². The number of hydrogen-bond acceptors (Lipinski definition) is 3. The number of carbonyl (C=O) groups excluding carboxylic acids is 1. The van der Waals surface area contributed by atoms with E-state index in [0.29, 0.717) is 19.1 Å². The molecule has 106 valence electrons. The minimum Gasteiger partial charge on any atom is -0.384 e. The summed E-state index contributed by atoms with van der Waals surface area (Å²) < 4.78 is 5.04. The Kier molecular flexibility index (Phi) is 6.09. The molecule has 0 aliphatic carbocycles. The average molecular weight is 256 g/mol. The summed E-state index contributed by atoms with van der Waals surface area (Å²) >= 11 is 0. The maximum Gasteiger partial charge on any atom is 0.220 e. The van der Waals surface area contributed by atoms with Gasteiger partial charge in [0, 0.05) is 32.7 Å². The Bertz CT molecular complexity index is 267. The van der Waals surface area contributed by atoms with Gasteiger partial charge in [-0.15, -0.1) is 0 Å². The van der Waals surface area contributed by atoms with Crippen LogP contribution in [0.2, 0.25) is 0 Å². The normalized spacial score (nSPS) is 24.6. The first-order valence-corrected chi connectivity index (χ1v) is 6.94. The topological polar surface area (TPSA) is 50.4 Å². The van der Waals surface area contributed by atoms with E-state index < -0.39 is 0 Å². The van der Waals surface area contributed by atoms with Crippen LogP contribution in [-0.4, -0.2) is 38.8 Å². The van der Waals surface area contributed by atoms with Crippen molar-refractivity contribution in [2.45, 2.75) is 46.1 Å². The monoisotopic (exact) mass is 256 g/mol. The molecule has 0 radical (unpaired) electrons. The van der Waals surface area contributed by atoms with Gasteiger partial charge in [-0.3, -0.25) is 4.79 Å². The van der Waals surface area contributed by atoms with Crippen LogP contribution < -0.4 is 10.6 Å². The molecule has 1 fully saturated rings. The van der Waals surface area contributed by atoms with E-state index in [1.165, 1.54) is 12.8 Å². The average Bonchev–Trinajstić information content (AvgIpc) is 2.27. The van der Waals surface area contributed by atoms with Crippen molar-refractivity contribution in [3.05, 3.63) is 0 Å². The van der Waals surface area contributed by atoms with Crippen molar-refractivity contribution in [3.8, 4) is 0 Å². The molecular formula is C14H28N2O2. The predicted molar refractivity (Wildman–Crippen MR) is 73.5 cm³/mol. The summed E-state index contributed by atoms with van der Waals surface area (Å²) in [7, 11) is 1.67. The molecule has 0 spiro atoms. The van der Waals surface area contributed by atoms with Crippen LogP contribution in [0.25, 0.3) is 0 Å². The summed E-state index contributed by atoms with van der Waals surface area (Å²) in [6, 6.07) is 0.382. The van der Waals surface area contributed by atoms with Crippen LogP contribution in [0.1, 0.15) is 40.0 Å². The Labute approximate surface area is 111 Å². The molecule has 0 saturated carbocycles. The van der Waals surface area contributed by atoms with Gasteiger partial charge in [0.1, 0.15) is 0 Å². The highest BCUT2D eigenvalue weighted by molar-refractivity contribution is 5.76. The van der Waals surface area contributed by atoms with Gasteiger partial charge in [0.25, 0.3) is 0 Å². The highest BCUT2D eigenvalue weighted by Gasteiger charge is 2.31. The van der Waals surface area contributed by atoms with Crippen LogP contribution in [0, 0.1) is 11.3 Å². The van der Waals surface area contributed by atoms with Crippen molar-refractivity contribution >= 4 is 5.91 Å². The molecule has 0 aromatic carbocycles. The highest BCUT2D eigenvalue weighted by Crippen LogP contribution is 2.29. The number of amides is 1. The van der Waals surface area contributed by atoms with Crippen molar-refractivity contribution in [2.75, 3.05) is 26.8 Å². The quantitative estimate of drug-likeness (QED) is 0.758. The van der Waals surface area contributed by atoms with Gasteiger partial charge in [-0.2, -0.15) is 0 Å². The Morgan fingerprint density at radius 2 is 2.28 bits per heavy atom. The molecule has 1 saturated heterocycles. The molecule has 2 N–H and O–H groups in total. The van der Waals surface area contributed by atoms with Crippen molar-refractivity contribution in [2.24, 2.45) is 11.3 Å². The molecule has 4 nitrogen and oxygen atoms in total. The lowest BCUT2D eigenvalue weighted by atomic mass is 9.77. The minimum absolute atomic E-state index is 0.128. The minimum atomic E-state index is 0.128. The van der Waals surface area contributed by atoms with Gasteiger partial charge >= 0.3 is 0 Å². The lowest BCUT2D eigenvalue weighted by Crippen LogP contribution is -2.52. The Morgan fingerprint density at radius 1 is 1.56 bits per heavy atom. The fraction of sp³-hybridized carbons (Fsp3) is 0.929. The molecule has 1 amide bonds.